The highest BCUT2D eigenvalue weighted by molar-refractivity contribution is 14.0. The van der Waals surface area contributed by atoms with Gasteiger partial charge in [-0.15, -0.1) is 24.0 Å². The summed E-state index contributed by atoms with van der Waals surface area (Å²) in [6.07, 6.45) is 0.924. The number of aliphatic imine (C=N–C) groups is 1. The van der Waals surface area contributed by atoms with Crippen molar-refractivity contribution in [3.8, 4) is 0 Å². The maximum absolute atomic E-state index is 5.98. The molecule has 126 valence electrons. The van der Waals surface area contributed by atoms with Crippen LogP contribution in [0.1, 0.15) is 19.4 Å². The van der Waals surface area contributed by atoms with Crippen molar-refractivity contribution in [1.82, 2.24) is 15.5 Å². The van der Waals surface area contributed by atoms with Crippen LogP contribution in [0.4, 0.5) is 0 Å². The molecule has 0 aliphatic heterocycles. The monoisotopic (exact) mass is 438 g/mol. The van der Waals surface area contributed by atoms with E-state index < -0.39 is 0 Å². The van der Waals surface area contributed by atoms with Gasteiger partial charge in [0.15, 0.2) is 5.96 Å². The molecule has 6 heteroatoms. The summed E-state index contributed by atoms with van der Waals surface area (Å²) in [7, 11) is 3.92. The highest BCUT2D eigenvalue weighted by Gasteiger charge is 2.03. The largest absolute Gasteiger partial charge is 0.356 e. The molecule has 2 N–H and O–H groups in total. The average molecular weight is 439 g/mol. The van der Waals surface area contributed by atoms with Gasteiger partial charge in [0.1, 0.15) is 0 Å². The van der Waals surface area contributed by atoms with Crippen LogP contribution < -0.4 is 10.6 Å². The minimum Gasteiger partial charge on any atom is -0.356 e. The normalized spacial score (nSPS) is 11.5. The molecule has 0 aliphatic carbocycles. The number of guanidine groups is 1. The standard InChI is InChI=1S/C16H27ClN4.HI/c1-13(2)21(4)11-10-20-16(18-3)19-9-8-14-6-5-7-15(17)12-14;/h5-7,12-13H,8-11H2,1-4H3,(H2,18,19,20);1H. The molecule has 1 rings (SSSR count). The summed E-state index contributed by atoms with van der Waals surface area (Å²) in [6.45, 7) is 7.09. The van der Waals surface area contributed by atoms with Crippen molar-refractivity contribution in [1.29, 1.82) is 0 Å². The summed E-state index contributed by atoms with van der Waals surface area (Å²) in [5, 5.41) is 7.43. The molecule has 22 heavy (non-hydrogen) atoms. The Kier molecular flexibility index (Phi) is 11.7. The van der Waals surface area contributed by atoms with E-state index >= 15 is 0 Å². The molecule has 0 radical (unpaired) electrons. The van der Waals surface area contributed by atoms with Crippen molar-refractivity contribution in [3.05, 3.63) is 34.9 Å². The van der Waals surface area contributed by atoms with E-state index in [0.29, 0.717) is 6.04 Å². The van der Waals surface area contributed by atoms with E-state index in [1.807, 2.05) is 18.2 Å². The van der Waals surface area contributed by atoms with Gasteiger partial charge in [0, 0.05) is 37.7 Å². The Hall–Kier alpha value is -0.530. The molecule has 4 nitrogen and oxygen atoms in total. The van der Waals surface area contributed by atoms with E-state index in [-0.39, 0.29) is 24.0 Å². The van der Waals surface area contributed by atoms with Crippen LogP contribution in [0.15, 0.2) is 29.3 Å². The molecule has 0 spiro atoms. The summed E-state index contributed by atoms with van der Waals surface area (Å²) >= 11 is 5.98. The van der Waals surface area contributed by atoms with Crippen LogP contribution in [0.5, 0.6) is 0 Å². The maximum Gasteiger partial charge on any atom is 0.191 e. The topological polar surface area (TPSA) is 39.7 Å². The van der Waals surface area contributed by atoms with Gasteiger partial charge in [-0.25, -0.2) is 0 Å². The van der Waals surface area contributed by atoms with Crippen molar-refractivity contribution < 1.29 is 0 Å². The molecule has 0 amide bonds. The Morgan fingerprint density at radius 3 is 2.55 bits per heavy atom. The highest BCUT2D eigenvalue weighted by atomic mass is 127. The number of hydrogen-bond donors (Lipinski definition) is 2. The van der Waals surface area contributed by atoms with Crippen LogP contribution in [0, 0.1) is 0 Å². The number of nitrogens with zero attached hydrogens (tertiary/aromatic N) is 2. The lowest BCUT2D eigenvalue weighted by Gasteiger charge is -2.21. The smallest absolute Gasteiger partial charge is 0.191 e. The van der Waals surface area contributed by atoms with Gasteiger partial charge in [0.25, 0.3) is 0 Å². The third-order valence-electron chi connectivity index (χ3n) is 3.46. The molecule has 1 aromatic rings. The first-order chi connectivity index (χ1) is 10.0. The Labute approximate surface area is 156 Å². The molecule has 0 bridgehead atoms. The molecule has 0 heterocycles. The summed E-state index contributed by atoms with van der Waals surface area (Å²) in [5.74, 6) is 0.842. The number of halogens is 2. The predicted octanol–water partition coefficient (Wildman–Crippen LogP) is 3.01. The lowest BCUT2D eigenvalue weighted by atomic mass is 10.1. The van der Waals surface area contributed by atoms with E-state index in [1.54, 1.807) is 7.05 Å². The van der Waals surface area contributed by atoms with E-state index in [9.17, 15) is 0 Å². The number of likely N-dealkylation sites (N-methyl/N-ethyl adjacent to an activating group) is 1. The number of benzene rings is 1. The zero-order chi connectivity index (χ0) is 15.7. The van der Waals surface area contributed by atoms with Gasteiger partial charge in [0.2, 0.25) is 0 Å². The fourth-order valence-electron chi connectivity index (χ4n) is 1.85. The first-order valence-electron chi connectivity index (χ1n) is 7.42. The van der Waals surface area contributed by atoms with E-state index in [0.717, 1.165) is 37.0 Å². The summed E-state index contributed by atoms with van der Waals surface area (Å²) in [5.41, 5.74) is 1.23. The average Bonchev–Trinajstić information content (AvgIpc) is 2.45. The van der Waals surface area contributed by atoms with Gasteiger partial charge in [-0.1, -0.05) is 23.7 Å². The van der Waals surface area contributed by atoms with Crippen LogP contribution in [0.2, 0.25) is 5.02 Å². The quantitative estimate of drug-likeness (QED) is 0.390. The first kappa shape index (κ1) is 21.5. The minimum atomic E-state index is 0. The molecule has 0 unspecified atom stereocenters. The van der Waals surface area contributed by atoms with Crippen LogP contribution in [0.3, 0.4) is 0 Å². The molecule has 0 aromatic heterocycles. The van der Waals surface area contributed by atoms with E-state index in [1.165, 1.54) is 5.56 Å². The lowest BCUT2D eigenvalue weighted by Crippen LogP contribution is -2.42. The zero-order valence-corrected chi connectivity index (χ0v) is 17.0. The van der Waals surface area contributed by atoms with Crippen molar-refractivity contribution in [2.75, 3.05) is 33.7 Å². The molecule has 0 saturated carbocycles. The Bertz CT molecular complexity index is 452. The third kappa shape index (κ3) is 8.80. The predicted molar refractivity (Wildman–Crippen MR) is 108 cm³/mol. The maximum atomic E-state index is 5.98. The zero-order valence-electron chi connectivity index (χ0n) is 13.9. The molecule has 0 aliphatic rings. The van der Waals surface area contributed by atoms with Crippen LogP contribution in [0.25, 0.3) is 0 Å². The van der Waals surface area contributed by atoms with Gasteiger partial charge < -0.3 is 15.5 Å². The Morgan fingerprint density at radius 2 is 1.95 bits per heavy atom. The highest BCUT2D eigenvalue weighted by Crippen LogP contribution is 2.10. The SMILES string of the molecule is CN=C(NCCc1cccc(Cl)c1)NCCN(C)C(C)C.I. The van der Waals surface area contributed by atoms with Crippen molar-refractivity contribution in [2.45, 2.75) is 26.3 Å². The summed E-state index contributed by atoms with van der Waals surface area (Å²) < 4.78 is 0. The summed E-state index contributed by atoms with van der Waals surface area (Å²) in [6, 6.07) is 8.51. The molecule has 1 aromatic carbocycles. The van der Waals surface area contributed by atoms with Crippen LogP contribution in [-0.4, -0.2) is 50.6 Å². The minimum absolute atomic E-state index is 0. The van der Waals surface area contributed by atoms with E-state index in [2.05, 4.69) is 47.5 Å². The molecule has 0 fully saturated rings. The van der Waals surface area contributed by atoms with Gasteiger partial charge in [-0.2, -0.15) is 0 Å². The van der Waals surface area contributed by atoms with Gasteiger partial charge >= 0.3 is 0 Å². The fraction of sp³-hybridized carbons (Fsp3) is 0.562. The summed E-state index contributed by atoms with van der Waals surface area (Å²) in [4.78, 5) is 6.53. The van der Waals surface area contributed by atoms with Crippen molar-refractivity contribution in [2.24, 2.45) is 4.99 Å². The molecular formula is C16H28ClIN4. The number of hydrogen-bond acceptors (Lipinski definition) is 2. The Morgan fingerprint density at radius 1 is 1.27 bits per heavy atom. The van der Waals surface area contributed by atoms with Crippen LogP contribution in [-0.2, 0) is 6.42 Å². The first-order valence-corrected chi connectivity index (χ1v) is 7.80. The lowest BCUT2D eigenvalue weighted by molar-refractivity contribution is 0.278. The number of nitrogens with one attached hydrogen (secondary N) is 2. The van der Waals surface area contributed by atoms with Gasteiger partial charge in [0.05, 0.1) is 0 Å². The second-order valence-electron chi connectivity index (χ2n) is 5.38. The molecular weight excluding hydrogens is 411 g/mol. The molecule has 0 atom stereocenters. The second-order valence-corrected chi connectivity index (χ2v) is 5.82. The fourth-order valence-corrected chi connectivity index (χ4v) is 2.06. The van der Waals surface area contributed by atoms with Crippen molar-refractivity contribution in [3.63, 3.8) is 0 Å². The second kappa shape index (κ2) is 12.0. The van der Waals surface area contributed by atoms with Gasteiger partial charge in [-0.3, -0.25) is 4.99 Å². The van der Waals surface area contributed by atoms with Gasteiger partial charge in [-0.05, 0) is 45.0 Å². The molecule has 0 saturated heterocycles. The third-order valence-corrected chi connectivity index (χ3v) is 3.69. The van der Waals surface area contributed by atoms with Crippen molar-refractivity contribution >= 4 is 41.5 Å². The number of rotatable bonds is 7. The van der Waals surface area contributed by atoms with E-state index in [4.69, 9.17) is 11.6 Å². The Balaban J connectivity index is 0.00000441. The van der Waals surface area contributed by atoms with Crippen LogP contribution >= 0.6 is 35.6 Å².